The summed E-state index contributed by atoms with van der Waals surface area (Å²) < 4.78 is 7.52. The van der Waals surface area contributed by atoms with Gasteiger partial charge in [-0.1, -0.05) is 12.1 Å². The van der Waals surface area contributed by atoms with Gasteiger partial charge in [0.1, 0.15) is 0 Å². The van der Waals surface area contributed by atoms with Crippen LogP contribution in [-0.2, 0) is 16.1 Å². The van der Waals surface area contributed by atoms with Gasteiger partial charge < -0.3 is 14.4 Å². The van der Waals surface area contributed by atoms with Crippen LogP contribution >= 0.6 is 0 Å². The molecule has 1 aromatic heterocycles. The Morgan fingerprint density at radius 2 is 2.28 bits per heavy atom. The van der Waals surface area contributed by atoms with Crippen molar-refractivity contribution in [3.63, 3.8) is 0 Å². The third kappa shape index (κ3) is 1.97. The van der Waals surface area contributed by atoms with Crippen molar-refractivity contribution in [1.82, 2.24) is 9.55 Å². The standard InChI is InChI=1S/C13H14N2O3/c16-13(17)12-6-5-9(18-12)7-15-8-14-10-3-1-2-4-11(10)15/h1-4,8-9,12H,5-7H2,(H,16,17). The normalized spacial score (nSPS) is 23.6. The average molecular weight is 246 g/mol. The summed E-state index contributed by atoms with van der Waals surface area (Å²) in [6, 6.07) is 7.88. The van der Waals surface area contributed by atoms with E-state index in [-0.39, 0.29) is 6.10 Å². The van der Waals surface area contributed by atoms with E-state index in [1.54, 1.807) is 6.33 Å². The third-order valence-electron chi connectivity index (χ3n) is 3.31. The van der Waals surface area contributed by atoms with Crippen LogP contribution in [0.4, 0.5) is 0 Å². The first-order chi connectivity index (χ1) is 8.74. The highest BCUT2D eigenvalue weighted by Crippen LogP contribution is 2.22. The fraction of sp³-hybridized carbons (Fsp3) is 0.385. The smallest absolute Gasteiger partial charge is 0.332 e. The molecule has 94 valence electrons. The molecule has 18 heavy (non-hydrogen) atoms. The predicted octanol–water partition coefficient (Wildman–Crippen LogP) is 1.67. The number of para-hydroxylation sites is 2. The molecule has 1 aliphatic heterocycles. The number of hydrogen-bond acceptors (Lipinski definition) is 3. The number of nitrogens with zero attached hydrogens (tertiary/aromatic N) is 2. The summed E-state index contributed by atoms with van der Waals surface area (Å²) in [5.41, 5.74) is 2.00. The van der Waals surface area contributed by atoms with E-state index in [9.17, 15) is 4.79 Å². The first-order valence-electron chi connectivity index (χ1n) is 6.02. The topological polar surface area (TPSA) is 64.3 Å². The van der Waals surface area contributed by atoms with Crippen LogP contribution in [0.15, 0.2) is 30.6 Å². The van der Waals surface area contributed by atoms with Gasteiger partial charge in [-0.15, -0.1) is 0 Å². The molecule has 5 heteroatoms. The molecular weight excluding hydrogens is 232 g/mol. The fourth-order valence-corrected chi connectivity index (χ4v) is 2.40. The second-order valence-electron chi connectivity index (χ2n) is 4.55. The van der Waals surface area contributed by atoms with E-state index < -0.39 is 12.1 Å². The Hall–Kier alpha value is -1.88. The van der Waals surface area contributed by atoms with E-state index >= 15 is 0 Å². The van der Waals surface area contributed by atoms with Crippen molar-refractivity contribution in [2.75, 3.05) is 0 Å². The molecule has 0 radical (unpaired) electrons. The maximum absolute atomic E-state index is 10.8. The van der Waals surface area contributed by atoms with Gasteiger partial charge in [0.15, 0.2) is 6.10 Å². The van der Waals surface area contributed by atoms with Gasteiger partial charge in [0, 0.05) is 0 Å². The van der Waals surface area contributed by atoms with Crippen LogP contribution in [0.25, 0.3) is 11.0 Å². The van der Waals surface area contributed by atoms with Gasteiger partial charge in [-0.2, -0.15) is 0 Å². The number of aliphatic carboxylic acids is 1. The van der Waals surface area contributed by atoms with Gasteiger partial charge in [-0.3, -0.25) is 0 Å². The van der Waals surface area contributed by atoms with Gasteiger partial charge >= 0.3 is 5.97 Å². The fourth-order valence-electron chi connectivity index (χ4n) is 2.40. The van der Waals surface area contributed by atoms with Crippen molar-refractivity contribution in [1.29, 1.82) is 0 Å². The summed E-state index contributed by atoms with van der Waals surface area (Å²) in [6.07, 6.45) is 2.46. The van der Waals surface area contributed by atoms with E-state index in [0.29, 0.717) is 13.0 Å². The Kier molecular flexibility index (Phi) is 2.76. The Morgan fingerprint density at radius 3 is 3.06 bits per heavy atom. The zero-order valence-corrected chi connectivity index (χ0v) is 9.82. The molecule has 1 fully saturated rings. The summed E-state index contributed by atoms with van der Waals surface area (Å²) in [6.45, 7) is 0.657. The first kappa shape index (κ1) is 11.2. The maximum atomic E-state index is 10.8. The predicted molar refractivity (Wildman–Crippen MR) is 65.3 cm³/mol. The van der Waals surface area contributed by atoms with Crippen molar-refractivity contribution in [3.8, 4) is 0 Å². The summed E-state index contributed by atoms with van der Waals surface area (Å²) in [5, 5.41) is 8.88. The van der Waals surface area contributed by atoms with Crippen molar-refractivity contribution in [3.05, 3.63) is 30.6 Å². The lowest BCUT2D eigenvalue weighted by molar-refractivity contribution is -0.149. The summed E-state index contributed by atoms with van der Waals surface area (Å²) in [7, 11) is 0. The van der Waals surface area contributed by atoms with Gasteiger partial charge in [0.2, 0.25) is 0 Å². The second-order valence-corrected chi connectivity index (χ2v) is 4.55. The monoisotopic (exact) mass is 246 g/mol. The highest BCUT2D eigenvalue weighted by atomic mass is 16.5. The lowest BCUT2D eigenvalue weighted by atomic mass is 10.2. The minimum Gasteiger partial charge on any atom is -0.479 e. The molecule has 0 saturated carbocycles. The summed E-state index contributed by atoms with van der Waals surface area (Å²) in [4.78, 5) is 15.1. The van der Waals surface area contributed by atoms with Crippen LogP contribution in [0.3, 0.4) is 0 Å². The number of carbonyl (C=O) groups is 1. The minimum absolute atomic E-state index is 0.0382. The molecule has 5 nitrogen and oxygen atoms in total. The van der Waals surface area contributed by atoms with Crippen LogP contribution in [0, 0.1) is 0 Å². The van der Waals surface area contributed by atoms with E-state index in [0.717, 1.165) is 17.5 Å². The molecule has 1 aromatic carbocycles. The van der Waals surface area contributed by atoms with E-state index in [4.69, 9.17) is 9.84 Å². The van der Waals surface area contributed by atoms with E-state index in [2.05, 4.69) is 4.98 Å². The quantitative estimate of drug-likeness (QED) is 0.894. The molecule has 0 spiro atoms. The molecule has 2 heterocycles. The molecule has 2 atom stereocenters. The second kappa shape index (κ2) is 4.42. The minimum atomic E-state index is -0.868. The number of carboxylic acid groups (broad SMARTS) is 1. The Balaban J connectivity index is 1.76. The lowest BCUT2D eigenvalue weighted by Gasteiger charge is -2.12. The van der Waals surface area contributed by atoms with Crippen molar-refractivity contribution < 1.29 is 14.6 Å². The van der Waals surface area contributed by atoms with E-state index in [1.807, 2.05) is 28.8 Å². The number of carboxylic acids is 1. The molecule has 2 unspecified atom stereocenters. The maximum Gasteiger partial charge on any atom is 0.332 e. The molecular formula is C13H14N2O3. The van der Waals surface area contributed by atoms with Crippen LogP contribution in [0.5, 0.6) is 0 Å². The molecule has 1 saturated heterocycles. The van der Waals surface area contributed by atoms with E-state index in [1.165, 1.54) is 0 Å². The number of imidazole rings is 1. The molecule has 2 aromatic rings. The molecule has 1 aliphatic rings. The van der Waals surface area contributed by atoms with Crippen LogP contribution < -0.4 is 0 Å². The highest BCUT2D eigenvalue weighted by molar-refractivity contribution is 5.75. The number of benzene rings is 1. The molecule has 0 amide bonds. The summed E-state index contributed by atoms with van der Waals surface area (Å²) in [5.74, 6) is -0.868. The molecule has 1 N–H and O–H groups in total. The van der Waals surface area contributed by atoms with Crippen molar-refractivity contribution in [2.45, 2.75) is 31.6 Å². The molecule has 3 rings (SSSR count). The Labute approximate surface area is 104 Å². The lowest BCUT2D eigenvalue weighted by Crippen LogP contribution is -2.22. The third-order valence-corrected chi connectivity index (χ3v) is 3.31. The molecule has 0 bridgehead atoms. The van der Waals surface area contributed by atoms with Gasteiger partial charge in [0.25, 0.3) is 0 Å². The van der Waals surface area contributed by atoms with Crippen LogP contribution in [0.1, 0.15) is 12.8 Å². The van der Waals surface area contributed by atoms with Crippen LogP contribution in [0.2, 0.25) is 0 Å². The largest absolute Gasteiger partial charge is 0.479 e. The summed E-state index contributed by atoms with van der Waals surface area (Å²) >= 11 is 0. The Bertz CT molecular complexity index is 578. The number of fused-ring (bicyclic) bond motifs is 1. The van der Waals surface area contributed by atoms with Gasteiger partial charge in [0.05, 0.1) is 30.0 Å². The first-order valence-corrected chi connectivity index (χ1v) is 6.02. The van der Waals surface area contributed by atoms with Crippen LogP contribution in [-0.4, -0.2) is 32.8 Å². The highest BCUT2D eigenvalue weighted by Gasteiger charge is 2.30. The molecule has 0 aliphatic carbocycles. The van der Waals surface area contributed by atoms with Crippen molar-refractivity contribution >= 4 is 17.0 Å². The number of aromatic nitrogens is 2. The average Bonchev–Trinajstić information content (AvgIpc) is 2.98. The van der Waals surface area contributed by atoms with Gasteiger partial charge in [-0.05, 0) is 25.0 Å². The number of ether oxygens (including phenoxy) is 1. The SMILES string of the molecule is O=C(O)C1CCC(Cn2cnc3ccccc32)O1. The van der Waals surface area contributed by atoms with Crippen molar-refractivity contribution in [2.24, 2.45) is 0 Å². The zero-order chi connectivity index (χ0) is 12.5. The number of hydrogen-bond donors (Lipinski definition) is 1. The van der Waals surface area contributed by atoms with Gasteiger partial charge in [-0.25, -0.2) is 9.78 Å². The Morgan fingerprint density at radius 1 is 1.44 bits per heavy atom. The zero-order valence-electron chi connectivity index (χ0n) is 9.82. The number of rotatable bonds is 3.